The van der Waals surface area contributed by atoms with E-state index >= 15 is 0 Å². The summed E-state index contributed by atoms with van der Waals surface area (Å²) in [6.45, 7) is 8.38. The molecule has 4 rings (SSSR count). The predicted molar refractivity (Wildman–Crippen MR) is 128 cm³/mol. The summed E-state index contributed by atoms with van der Waals surface area (Å²) >= 11 is 0. The number of aliphatic hydroxyl groups is 1. The molecular weight excluding hydrogens is 418 g/mol. The van der Waals surface area contributed by atoms with Crippen molar-refractivity contribution < 1.29 is 15.2 Å². The molecular formula is C24H30N7O2+. The van der Waals surface area contributed by atoms with Crippen LogP contribution in [0.3, 0.4) is 0 Å². The van der Waals surface area contributed by atoms with Crippen molar-refractivity contribution in [2.45, 2.75) is 26.4 Å². The molecule has 0 unspecified atom stereocenters. The molecule has 2 aromatic heterocycles. The lowest BCUT2D eigenvalue weighted by atomic mass is 10.1. The molecule has 5 N–H and O–H groups in total. The summed E-state index contributed by atoms with van der Waals surface area (Å²) < 4.78 is 5.42. The number of hydrogen-bond donors (Lipinski definition) is 4. The zero-order valence-electron chi connectivity index (χ0n) is 19.2. The zero-order valence-corrected chi connectivity index (χ0v) is 19.2. The number of morpholine rings is 1. The van der Waals surface area contributed by atoms with E-state index in [2.05, 4.69) is 37.3 Å². The maximum absolute atomic E-state index is 10.3. The van der Waals surface area contributed by atoms with Crippen LogP contribution in [0.4, 0.5) is 29.0 Å². The number of quaternary nitrogens is 1. The molecule has 33 heavy (non-hydrogen) atoms. The van der Waals surface area contributed by atoms with E-state index in [4.69, 9.17) is 10.1 Å². The fourth-order valence-electron chi connectivity index (χ4n) is 3.57. The molecule has 3 aromatic rings. The quantitative estimate of drug-likeness (QED) is 0.410. The predicted octanol–water partition coefficient (Wildman–Crippen LogP) is 2.59. The van der Waals surface area contributed by atoms with E-state index in [9.17, 15) is 5.11 Å². The number of nitrogens with one attached hydrogen (secondary N) is 2. The van der Waals surface area contributed by atoms with Crippen LogP contribution in [-0.4, -0.2) is 52.1 Å². The van der Waals surface area contributed by atoms with E-state index in [-0.39, 0.29) is 0 Å². The summed E-state index contributed by atoms with van der Waals surface area (Å²) in [5.74, 6) is 1.67. The van der Waals surface area contributed by atoms with E-state index < -0.39 is 5.60 Å². The zero-order chi connectivity index (χ0) is 23.4. The Hall–Kier alpha value is -3.40. The molecule has 0 aliphatic carbocycles. The SMILES string of the molecule is CC(=N)c1cnc(Nc2ccc(N3CCOCC3)cc2)nc1[NH2+]c1cccc(C(C)(C)O)n1. The van der Waals surface area contributed by atoms with Crippen molar-refractivity contribution in [3.63, 3.8) is 0 Å². The van der Waals surface area contributed by atoms with E-state index in [0.717, 1.165) is 37.7 Å². The molecule has 3 heterocycles. The summed E-state index contributed by atoms with van der Waals surface area (Å²) in [7, 11) is 0. The van der Waals surface area contributed by atoms with Crippen molar-refractivity contribution in [2.24, 2.45) is 0 Å². The summed E-state index contributed by atoms with van der Waals surface area (Å²) in [5.41, 5.74) is 2.54. The Morgan fingerprint density at radius 2 is 1.85 bits per heavy atom. The Balaban J connectivity index is 1.54. The molecule has 1 saturated heterocycles. The molecule has 0 bridgehead atoms. The highest BCUT2D eigenvalue weighted by molar-refractivity contribution is 5.99. The molecule has 172 valence electrons. The van der Waals surface area contributed by atoms with Gasteiger partial charge in [-0.1, -0.05) is 6.07 Å². The van der Waals surface area contributed by atoms with Gasteiger partial charge in [0.2, 0.25) is 17.6 Å². The molecule has 0 spiro atoms. The molecule has 1 fully saturated rings. The molecule has 9 heteroatoms. The van der Waals surface area contributed by atoms with Crippen molar-refractivity contribution in [2.75, 3.05) is 36.5 Å². The summed E-state index contributed by atoms with van der Waals surface area (Å²) in [4.78, 5) is 15.9. The molecule has 0 amide bonds. The van der Waals surface area contributed by atoms with Gasteiger partial charge in [0.1, 0.15) is 5.60 Å². The van der Waals surface area contributed by atoms with Gasteiger partial charge in [0.05, 0.1) is 24.5 Å². The maximum atomic E-state index is 10.3. The summed E-state index contributed by atoms with van der Waals surface area (Å²) in [6, 6.07) is 13.6. The summed E-state index contributed by atoms with van der Waals surface area (Å²) in [6.07, 6.45) is 1.64. The lowest BCUT2D eigenvalue weighted by Gasteiger charge is -2.28. The fraction of sp³-hybridized carbons (Fsp3) is 0.333. The Morgan fingerprint density at radius 3 is 2.52 bits per heavy atom. The van der Waals surface area contributed by atoms with Gasteiger partial charge in [-0.15, -0.1) is 0 Å². The topological polar surface area (TPSA) is 124 Å². The molecule has 1 aliphatic heterocycles. The number of nitrogens with two attached hydrogens (primary N) is 1. The number of benzene rings is 1. The van der Waals surface area contributed by atoms with Gasteiger partial charge < -0.3 is 25.5 Å². The largest absolute Gasteiger partial charge is 0.384 e. The Bertz CT molecular complexity index is 1120. The van der Waals surface area contributed by atoms with E-state index in [1.807, 2.05) is 24.3 Å². The number of pyridine rings is 1. The second kappa shape index (κ2) is 9.62. The second-order valence-electron chi connectivity index (χ2n) is 8.54. The first-order valence-corrected chi connectivity index (χ1v) is 11.0. The standard InChI is InChI=1S/C24H29N7O2/c1-16(25)19-15-26-23(27-17-7-9-18(10-8-17)31-11-13-33-14-12-31)30-22(19)29-21-6-4-5-20(28-21)24(2,3)32/h4-10,15,25,32H,11-14H2,1-3H3,(H2,26,27,28,29,30)/p+1. The first kappa shape index (κ1) is 22.8. The minimum absolute atomic E-state index is 0.362. The van der Waals surface area contributed by atoms with Gasteiger partial charge in [-0.3, -0.25) is 0 Å². The minimum Gasteiger partial charge on any atom is -0.384 e. The Labute approximate surface area is 193 Å². The van der Waals surface area contributed by atoms with Crippen molar-refractivity contribution in [3.05, 3.63) is 59.9 Å². The maximum Gasteiger partial charge on any atom is 0.244 e. The van der Waals surface area contributed by atoms with E-state index in [0.29, 0.717) is 34.6 Å². The van der Waals surface area contributed by atoms with Gasteiger partial charge in [-0.25, -0.2) is 10.3 Å². The van der Waals surface area contributed by atoms with Crippen LogP contribution in [0.25, 0.3) is 0 Å². The van der Waals surface area contributed by atoms with Gasteiger partial charge in [0.15, 0.2) is 0 Å². The van der Waals surface area contributed by atoms with Crippen LogP contribution in [0.1, 0.15) is 32.0 Å². The molecule has 0 atom stereocenters. The van der Waals surface area contributed by atoms with Crippen LogP contribution in [0.2, 0.25) is 0 Å². The van der Waals surface area contributed by atoms with Crippen LogP contribution in [0.15, 0.2) is 48.7 Å². The Morgan fingerprint density at radius 1 is 1.12 bits per heavy atom. The minimum atomic E-state index is -1.05. The van der Waals surface area contributed by atoms with E-state index in [1.165, 1.54) is 0 Å². The van der Waals surface area contributed by atoms with Crippen molar-refractivity contribution in [3.8, 4) is 0 Å². The third-order valence-corrected chi connectivity index (χ3v) is 5.40. The van der Waals surface area contributed by atoms with Crippen LogP contribution < -0.4 is 15.5 Å². The van der Waals surface area contributed by atoms with Crippen LogP contribution in [-0.2, 0) is 10.3 Å². The van der Waals surface area contributed by atoms with Gasteiger partial charge in [-0.2, -0.15) is 9.97 Å². The van der Waals surface area contributed by atoms with Crippen molar-refractivity contribution in [1.29, 1.82) is 5.41 Å². The summed E-state index contributed by atoms with van der Waals surface area (Å²) in [5, 5.41) is 23.4. The van der Waals surface area contributed by atoms with Crippen LogP contribution >= 0.6 is 0 Å². The molecule has 1 aromatic carbocycles. The average Bonchev–Trinajstić information content (AvgIpc) is 2.80. The third-order valence-electron chi connectivity index (χ3n) is 5.40. The highest BCUT2D eigenvalue weighted by atomic mass is 16.5. The lowest BCUT2D eigenvalue weighted by Crippen LogP contribution is -2.73. The third kappa shape index (κ3) is 5.70. The van der Waals surface area contributed by atoms with Gasteiger partial charge in [0, 0.05) is 42.4 Å². The second-order valence-corrected chi connectivity index (χ2v) is 8.54. The number of nitrogens with zero attached hydrogens (tertiary/aromatic N) is 4. The van der Waals surface area contributed by atoms with Crippen molar-refractivity contribution in [1.82, 2.24) is 15.0 Å². The van der Waals surface area contributed by atoms with Crippen molar-refractivity contribution >= 4 is 34.7 Å². The first-order valence-electron chi connectivity index (χ1n) is 11.0. The number of aromatic nitrogens is 3. The number of ether oxygens (including phenoxy) is 1. The number of hydrogen-bond acceptors (Lipinski definition) is 8. The monoisotopic (exact) mass is 448 g/mol. The fourth-order valence-corrected chi connectivity index (χ4v) is 3.57. The highest BCUT2D eigenvalue weighted by Gasteiger charge is 2.20. The van der Waals surface area contributed by atoms with E-state index in [1.54, 1.807) is 38.4 Å². The van der Waals surface area contributed by atoms with Crippen LogP contribution in [0, 0.1) is 5.41 Å². The normalized spacial score (nSPS) is 14.2. The van der Waals surface area contributed by atoms with Gasteiger partial charge in [0.25, 0.3) is 0 Å². The van der Waals surface area contributed by atoms with Gasteiger partial charge >= 0.3 is 0 Å². The first-order chi connectivity index (χ1) is 15.8. The Kier molecular flexibility index (Phi) is 6.64. The molecule has 0 saturated carbocycles. The number of anilines is 3. The number of rotatable bonds is 7. The lowest BCUT2D eigenvalue weighted by molar-refractivity contribution is -0.487. The highest BCUT2D eigenvalue weighted by Crippen LogP contribution is 2.22. The average molecular weight is 449 g/mol. The van der Waals surface area contributed by atoms with Gasteiger partial charge in [-0.05, 0) is 51.1 Å². The molecule has 9 nitrogen and oxygen atoms in total. The van der Waals surface area contributed by atoms with Crippen LogP contribution in [0.5, 0.6) is 0 Å². The molecule has 1 aliphatic rings. The smallest absolute Gasteiger partial charge is 0.244 e. The molecule has 0 radical (unpaired) electrons.